The largest absolute Gasteiger partial charge is 0.315 e. The van der Waals surface area contributed by atoms with Gasteiger partial charge in [0.2, 0.25) is 0 Å². The molecular formula is C11H18BrN3O2S2. The summed E-state index contributed by atoms with van der Waals surface area (Å²) in [6.07, 6.45) is 0.858. The average Bonchev–Trinajstić information content (AvgIpc) is 2.63. The van der Waals surface area contributed by atoms with Crippen LogP contribution in [0.4, 0.5) is 0 Å². The highest BCUT2D eigenvalue weighted by Crippen LogP contribution is 2.22. The lowest BCUT2D eigenvalue weighted by atomic mass is 10.3. The zero-order valence-electron chi connectivity index (χ0n) is 10.8. The molecule has 108 valence electrons. The topological polar surface area (TPSA) is 52.7 Å². The van der Waals surface area contributed by atoms with Gasteiger partial charge in [-0.2, -0.15) is 17.0 Å². The molecule has 1 saturated heterocycles. The van der Waals surface area contributed by atoms with Crippen LogP contribution in [0.2, 0.25) is 0 Å². The number of nitrogens with one attached hydrogen (secondary N) is 1. The van der Waals surface area contributed by atoms with Crippen LogP contribution >= 0.6 is 27.3 Å². The van der Waals surface area contributed by atoms with Crippen LogP contribution in [0.1, 0.15) is 12.0 Å². The Morgan fingerprint density at radius 3 is 2.95 bits per heavy atom. The minimum atomic E-state index is -3.36. The second-order valence-electron chi connectivity index (χ2n) is 4.53. The summed E-state index contributed by atoms with van der Waals surface area (Å²) in [5, 5.41) is 5.18. The van der Waals surface area contributed by atoms with Crippen LogP contribution in [-0.4, -0.2) is 50.3 Å². The minimum Gasteiger partial charge on any atom is -0.315 e. The molecule has 1 fully saturated rings. The van der Waals surface area contributed by atoms with E-state index in [-0.39, 0.29) is 0 Å². The maximum Gasteiger partial charge on any atom is 0.282 e. The number of nitrogens with zero attached hydrogens (tertiary/aromatic N) is 2. The molecule has 0 aliphatic carbocycles. The van der Waals surface area contributed by atoms with Crippen LogP contribution in [0.25, 0.3) is 0 Å². The highest BCUT2D eigenvalue weighted by molar-refractivity contribution is 9.11. The van der Waals surface area contributed by atoms with Crippen molar-refractivity contribution < 1.29 is 8.42 Å². The molecule has 0 bridgehead atoms. The number of rotatable bonds is 4. The highest BCUT2D eigenvalue weighted by Gasteiger charge is 2.27. The molecule has 0 aromatic carbocycles. The van der Waals surface area contributed by atoms with Gasteiger partial charge >= 0.3 is 0 Å². The maximum absolute atomic E-state index is 12.5. The smallest absolute Gasteiger partial charge is 0.282 e. The van der Waals surface area contributed by atoms with Gasteiger partial charge < -0.3 is 5.32 Å². The van der Waals surface area contributed by atoms with Gasteiger partial charge in [-0.3, -0.25) is 0 Å². The van der Waals surface area contributed by atoms with Crippen molar-refractivity contribution in [1.82, 2.24) is 13.9 Å². The van der Waals surface area contributed by atoms with Crippen molar-refractivity contribution >= 4 is 37.5 Å². The molecule has 1 aromatic heterocycles. The third-order valence-corrected chi connectivity index (χ3v) is 6.53. The summed E-state index contributed by atoms with van der Waals surface area (Å²) in [4.78, 5) is 0. The van der Waals surface area contributed by atoms with Gasteiger partial charge in [0, 0.05) is 33.2 Å². The zero-order valence-corrected chi connectivity index (χ0v) is 14.0. The van der Waals surface area contributed by atoms with Crippen LogP contribution in [0.15, 0.2) is 15.2 Å². The molecule has 19 heavy (non-hydrogen) atoms. The molecule has 0 saturated carbocycles. The first-order valence-electron chi connectivity index (χ1n) is 6.15. The van der Waals surface area contributed by atoms with Gasteiger partial charge in [-0.1, -0.05) is 0 Å². The van der Waals surface area contributed by atoms with Gasteiger partial charge in [0.05, 0.1) is 3.79 Å². The summed E-state index contributed by atoms with van der Waals surface area (Å²) in [6.45, 7) is 3.14. The monoisotopic (exact) mass is 367 g/mol. The Morgan fingerprint density at radius 2 is 2.26 bits per heavy atom. The second-order valence-corrected chi connectivity index (χ2v) is 8.85. The van der Waals surface area contributed by atoms with Crippen LogP contribution in [0.3, 0.4) is 0 Å². The predicted molar refractivity (Wildman–Crippen MR) is 81.5 cm³/mol. The van der Waals surface area contributed by atoms with Gasteiger partial charge in [-0.25, -0.2) is 0 Å². The Kier molecular flexibility index (Phi) is 5.38. The van der Waals surface area contributed by atoms with E-state index in [1.165, 1.54) is 4.31 Å². The fourth-order valence-electron chi connectivity index (χ4n) is 2.02. The fraction of sp³-hybridized carbons (Fsp3) is 0.636. The summed E-state index contributed by atoms with van der Waals surface area (Å²) in [7, 11) is -1.72. The predicted octanol–water partition coefficient (Wildman–Crippen LogP) is 1.48. The molecule has 0 amide bonds. The summed E-state index contributed by atoms with van der Waals surface area (Å²) >= 11 is 4.96. The first-order chi connectivity index (χ1) is 9.00. The first-order valence-corrected chi connectivity index (χ1v) is 9.22. The average molecular weight is 368 g/mol. The van der Waals surface area contributed by atoms with Gasteiger partial charge in [-0.15, -0.1) is 11.3 Å². The molecule has 0 atom stereocenters. The van der Waals surface area contributed by atoms with Crippen LogP contribution in [-0.2, 0) is 16.8 Å². The maximum atomic E-state index is 12.5. The fourth-order valence-corrected chi connectivity index (χ4v) is 4.60. The van der Waals surface area contributed by atoms with E-state index in [4.69, 9.17) is 0 Å². The van der Waals surface area contributed by atoms with E-state index in [1.54, 1.807) is 22.7 Å². The number of hydrogen-bond acceptors (Lipinski definition) is 4. The van der Waals surface area contributed by atoms with Gasteiger partial charge in [0.25, 0.3) is 10.2 Å². The van der Waals surface area contributed by atoms with E-state index >= 15 is 0 Å². The van der Waals surface area contributed by atoms with Crippen molar-refractivity contribution in [2.45, 2.75) is 13.0 Å². The van der Waals surface area contributed by atoms with Crippen LogP contribution in [0, 0.1) is 0 Å². The van der Waals surface area contributed by atoms with E-state index in [0.29, 0.717) is 19.6 Å². The lowest BCUT2D eigenvalue weighted by Gasteiger charge is -2.25. The molecule has 0 radical (unpaired) electrons. The number of hydrogen-bond donors (Lipinski definition) is 1. The van der Waals surface area contributed by atoms with E-state index in [9.17, 15) is 8.42 Å². The summed E-state index contributed by atoms with van der Waals surface area (Å²) in [5.41, 5.74) is 1.01. The van der Waals surface area contributed by atoms with Crippen LogP contribution in [0.5, 0.6) is 0 Å². The normalized spacial score (nSPS) is 18.7. The Bertz CT molecular complexity index is 510. The van der Waals surface area contributed by atoms with E-state index in [0.717, 1.165) is 28.9 Å². The Labute approximate surface area is 126 Å². The van der Waals surface area contributed by atoms with Gasteiger partial charge in [0.15, 0.2) is 0 Å². The molecule has 0 spiro atoms. The van der Waals surface area contributed by atoms with Gasteiger partial charge in [0.1, 0.15) is 0 Å². The van der Waals surface area contributed by atoms with E-state index in [2.05, 4.69) is 21.2 Å². The molecule has 1 aliphatic heterocycles. The van der Waals surface area contributed by atoms with Crippen molar-refractivity contribution in [3.05, 3.63) is 20.8 Å². The van der Waals surface area contributed by atoms with Gasteiger partial charge in [-0.05, 0) is 45.9 Å². The van der Waals surface area contributed by atoms with E-state index < -0.39 is 10.2 Å². The molecule has 0 unspecified atom stereocenters. The SMILES string of the molecule is CN(Cc1csc(Br)c1)S(=O)(=O)N1CCCNCC1. The van der Waals surface area contributed by atoms with E-state index in [1.807, 2.05) is 11.4 Å². The Hall–Kier alpha value is 0.01000. The van der Waals surface area contributed by atoms with Crippen molar-refractivity contribution in [3.63, 3.8) is 0 Å². The second kappa shape index (κ2) is 6.64. The molecular weight excluding hydrogens is 350 g/mol. The lowest BCUT2D eigenvalue weighted by molar-refractivity contribution is 0.368. The Morgan fingerprint density at radius 1 is 1.47 bits per heavy atom. The summed E-state index contributed by atoms with van der Waals surface area (Å²) in [6, 6.07) is 1.96. The molecule has 2 rings (SSSR count). The van der Waals surface area contributed by atoms with Crippen molar-refractivity contribution in [1.29, 1.82) is 0 Å². The van der Waals surface area contributed by atoms with Crippen molar-refractivity contribution in [3.8, 4) is 0 Å². The zero-order chi connectivity index (χ0) is 13.9. The quantitative estimate of drug-likeness (QED) is 0.876. The molecule has 8 heteroatoms. The number of thiophene rings is 1. The van der Waals surface area contributed by atoms with Crippen molar-refractivity contribution in [2.24, 2.45) is 0 Å². The summed E-state index contributed by atoms with van der Waals surface area (Å²) in [5.74, 6) is 0. The minimum absolute atomic E-state index is 0.411. The molecule has 1 aliphatic rings. The third kappa shape index (κ3) is 3.99. The Balaban J connectivity index is 2.05. The first kappa shape index (κ1) is 15.4. The highest BCUT2D eigenvalue weighted by atomic mass is 79.9. The summed E-state index contributed by atoms with van der Waals surface area (Å²) < 4.78 is 28.9. The third-order valence-electron chi connectivity index (χ3n) is 3.05. The molecule has 1 aromatic rings. The number of halogens is 1. The van der Waals surface area contributed by atoms with Crippen LogP contribution < -0.4 is 5.32 Å². The molecule has 2 heterocycles. The standard InChI is InChI=1S/C11H18BrN3O2S2/c1-14(8-10-7-11(12)18-9-10)19(16,17)15-5-2-3-13-4-6-15/h7,9,13H,2-6,8H2,1H3. The molecule has 1 N–H and O–H groups in total. The molecule has 5 nitrogen and oxygen atoms in total. The lowest BCUT2D eigenvalue weighted by Crippen LogP contribution is -2.43. The van der Waals surface area contributed by atoms with Crippen molar-refractivity contribution in [2.75, 3.05) is 33.2 Å².